The molecular weight excluding hydrogens is 749 g/mol. The van der Waals surface area contributed by atoms with Crippen molar-refractivity contribution in [3.05, 3.63) is 194 Å². The molecule has 0 saturated carbocycles. The van der Waals surface area contributed by atoms with Gasteiger partial charge in [-0.2, -0.15) is 0 Å². The zero-order valence-electron chi connectivity index (χ0n) is 32.2. The summed E-state index contributed by atoms with van der Waals surface area (Å²) in [6, 6.07) is 69.8. The molecule has 4 nitrogen and oxygen atoms in total. The highest BCUT2D eigenvalue weighted by atomic mass is 32.1. The van der Waals surface area contributed by atoms with E-state index >= 15 is 0 Å². The molecule has 0 radical (unpaired) electrons. The first-order valence-electron chi connectivity index (χ1n) is 20.3. The summed E-state index contributed by atoms with van der Waals surface area (Å²) in [7, 11) is 0. The van der Waals surface area contributed by atoms with E-state index in [1.54, 1.807) is 0 Å². The van der Waals surface area contributed by atoms with Gasteiger partial charge in [0.25, 0.3) is 0 Å². The number of aromatic nitrogens is 4. The standard InChI is InChI=1S/C55H32N4S/c1-2-15-36-30-39(25-24-33(36)12-1)53-56-54(43-22-11-18-34-13-5-7-19-40(34)43)58-55(57-53)45-28-29-47(52-50(45)44-21-9-10-23-49(44)60-52)59-48-32-38-17-4-3-16-37(38)31-46(48)42-27-26-35-14-6-8-20-41(35)51(42)59/h1-32H. The van der Waals surface area contributed by atoms with E-state index in [0.717, 1.165) is 43.9 Å². The quantitative estimate of drug-likeness (QED) is 0.179. The molecule has 0 atom stereocenters. The Balaban J connectivity index is 1.13. The second-order valence-corrected chi connectivity index (χ2v) is 16.6. The van der Waals surface area contributed by atoms with Crippen LogP contribution in [0.15, 0.2) is 194 Å². The molecule has 5 heteroatoms. The molecule has 0 fully saturated rings. The molecule has 0 bridgehead atoms. The lowest BCUT2D eigenvalue weighted by Gasteiger charge is -2.15. The van der Waals surface area contributed by atoms with E-state index in [1.165, 1.54) is 63.5 Å². The Kier molecular flexibility index (Phi) is 7.14. The van der Waals surface area contributed by atoms with Crippen LogP contribution < -0.4 is 0 Å². The molecule has 3 heterocycles. The van der Waals surface area contributed by atoms with Crippen molar-refractivity contribution < 1.29 is 0 Å². The average Bonchev–Trinajstić information content (AvgIpc) is 3.86. The van der Waals surface area contributed by atoms with Gasteiger partial charge >= 0.3 is 0 Å². The van der Waals surface area contributed by atoms with Gasteiger partial charge in [0.2, 0.25) is 0 Å². The molecule has 60 heavy (non-hydrogen) atoms. The minimum atomic E-state index is 0.645. The van der Waals surface area contributed by atoms with Crippen LogP contribution in [0.2, 0.25) is 0 Å². The highest BCUT2D eigenvalue weighted by molar-refractivity contribution is 7.26. The maximum Gasteiger partial charge on any atom is 0.164 e. The van der Waals surface area contributed by atoms with Crippen LogP contribution in [0.5, 0.6) is 0 Å². The summed E-state index contributed by atoms with van der Waals surface area (Å²) in [6.45, 7) is 0. The monoisotopic (exact) mass is 780 g/mol. The number of thiophene rings is 1. The van der Waals surface area contributed by atoms with Gasteiger partial charge in [0.05, 0.1) is 21.4 Å². The van der Waals surface area contributed by atoms with Gasteiger partial charge in [-0.05, 0) is 74.1 Å². The van der Waals surface area contributed by atoms with E-state index < -0.39 is 0 Å². The van der Waals surface area contributed by atoms with Crippen molar-refractivity contribution in [1.29, 1.82) is 0 Å². The highest BCUT2D eigenvalue weighted by Crippen LogP contribution is 2.46. The zero-order chi connectivity index (χ0) is 39.3. The van der Waals surface area contributed by atoms with Crippen LogP contribution in [-0.2, 0) is 0 Å². The largest absolute Gasteiger partial charge is 0.307 e. The van der Waals surface area contributed by atoms with Gasteiger partial charge in [-0.15, -0.1) is 11.3 Å². The number of rotatable bonds is 4. The van der Waals surface area contributed by atoms with E-state index in [2.05, 4.69) is 199 Å². The van der Waals surface area contributed by atoms with E-state index in [9.17, 15) is 0 Å². The lowest BCUT2D eigenvalue weighted by Crippen LogP contribution is -2.02. The Morgan fingerprint density at radius 2 is 0.967 bits per heavy atom. The van der Waals surface area contributed by atoms with Gasteiger partial charge in [-0.25, -0.2) is 15.0 Å². The summed E-state index contributed by atoms with van der Waals surface area (Å²) in [5, 5.41) is 14.3. The first-order chi connectivity index (χ1) is 29.7. The van der Waals surface area contributed by atoms with Crippen molar-refractivity contribution in [2.45, 2.75) is 0 Å². The number of nitrogens with zero attached hydrogens (tertiary/aromatic N) is 4. The fourth-order valence-corrected chi connectivity index (χ4v) is 10.6. The molecule has 0 aliphatic rings. The van der Waals surface area contributed by atoms with Crippen LogP contribution in [0.3, 0.4) is 0 Å². The summed E-state index contributed by atoms with van der Waals surface area (Å²) in [6.07, 6.45) is 0. The van der Waals surface area contributed by atoms with Gasteiger partial charge in [-0.3, -0.25) is 0 Å². The predicted molar refractivity (Wildman–Crippen MR) is 253 cm³/mol. The Morgan fingerprint density at radius 3 is 1.78 bits per heavy atom. The fraction of sp³-hybridized carbons (Fsp3) is 0. The molecule has 0 amide bonds. The topological polar surface area (TPSA) is 43.6 Å². The molecule has 0 aliphatic heterocycles. The van der Waals surface area contributed by atoms with Crippen molar-refractivity contribution in [2.75, 3.05) is 0 Å². The number of fused-ring (bicyclic) bond motifs is 11. The van der Waals surface area contributed by atoms with Gasteiger partial charge in [0.15, 0.2) is 17.5 Å². The molecular formula is C55H32N4S. The zero-order valence-corrected chi connectivity index (χ0v) is 33.0. The summed E-state index contributed by atoms with van der Waals surface area (Å²) in [4.78, 5) is 16.0. The third kappa shape index (κ3) is 5.00. The molecule has 13 aromatic rings. The molecule has 0 unspecified atom stereocenters. The van der Waals surface area contributed by atoms with Crippen LogP contribution in [0.25, 0.3) is 125 Å². The molecule has 3 aromatic heterocycles. The average molecular weight is 781 g/mol. The second-order valence-electron chi connectivity index (χ2n) is 15.6. The van der Waals surface area contributed by atoms with E-state index in [0.29, 0.717) is 17.5 Å². The highest BCUT2D eigenvalue weighted by Gasteiger charge is 2.23. The molecule has 0 aliphatic carbocycles. The summed E-state index contributed by atoms with van der Waals surface area (Å²) < 4.78 is 4.92. The second kappa shape index (κ2) is 12.9. The summed E-state index contributed by atoms with van der Waals surface area (Å²) >= 11 is 1.83. The number of hydrogen-bond donors (Lipinski definition) is 0. The van der Waals surface area contributed by atoms with Gasteiger partial charge < -0.3 is 4.57 Å². The van der Waals surface area contributed by atoms with Crippen LogP contribution in [0.1, 0.15) is 0 Å². The van der Waals surface area contributed by atoms with Crippen molar-refractivity contribution in [3.63, 3.8) is 0 Å². The van der Waals surface area contributed by atoms with E-state index in [-0.39, 0.29) is 0 Å². The Hall–Kier alpha value is -7.73. The minimum absolute atomic E-state index is 0.645. The predicted octanol–water partition coefficient (Wildman–Crippen LogP) is 15.0. The van der Waals surface area contributed by atoms with E-state index in [4.69, 9.17) is 15.0 Å². The van der Waals surface area contributed by atoms with E-state index in [1.807, 2.05) is 11.3 Å². The Morgan fingerprint density at radius 1 is 0.367 bits per heavy atom. The molecule has 13 rings (SSSR count). The SMILES string of the molecule is c1ccc2cc(-c3nc(-c4cccc5ccccc45)nc(-c4ccc(-n5c6cc7ccccc7cc6c6ccc7ccccc7c65)c5sc6ccccc6c45)n3)ccc2c1. The Labute approximate surface area is 348 Å². The lowest BCUT2D eigenvalue weighted by molar-refractivity contribution is 1.08. The van der Waals surface area contributed by atoms with Crippen molar-refractivity contribution >= 4 is 96.4 Å². The van der Waals surface area contributed by atoms with Gasteiger partial charge in [-0.1, -0.05) is 158 Å². The van der Waals surface area contributed by atoms with Crippen LogP contribution in [-0.4, -0.2) is 19.5 Å². The molecule has 0 spiro atoms. The first kappa shape index (κ1) is 33.3. The van der Waals surface area contributed by atoms with Crippen LogP contribution >= 0.6 is 11.3 Å². The Bertz CT molecular complexity index is 3910. The van der Waals surface area contributed by atoms with Crippen molar-refractivity contribution in [2.24, 2.45) is 0 Å². The molecule has 278 valence electrons. The smallest absolute Gasteiger partial charge is 0.164 e. The maximum absolute atomic E-state index is 5.39. The number of benzene rings is 10. The molecule has 10 aromatic carbocycles. The van der Waals surface area contributed by atoms with Crippen LogP contribution in [0, 0.1) is 0 Å². The normalized spacial score (nSPS) is 12.0. The number of hydrogen-bond acceptors (Lipinski definition) is 4. The molecule has 0 saturated heterocycles. The summed E-state index contributed by atoms with van der Waals surface area (Å²) in [5.41, 5.74) is 6.44. The minimum Gasteiger partial charge on any atom is -0.307 e. The van der Waals surface area contributed by atoms with Gasteiger partial charge in [0, 0.05) is 48.3 Å². The third-order valence-corrected chi connectivity index (χ3v) is 13.4. The first-order valence-corrected chi connectivity index (χ1v) is 21.1. The molecule has 0 N–H and O–H groups in total. The van der Waals surface area contributed by atoms with Gasteiger partial charge in [0.1, 0.15) is 0 Å². The van der Waals surface area contributed by atoms with Crippen molar-refractivity contribution in [1.82, 2.24) is 19.5 Å². The summed E-state index contributed by atoms with van der Waals surface area (Å²) in [5.74, 6) is 1.94. The van der Waals surface area contributed by atoms with Crippen molar-refractivity contribution in [3.8, 4) is 39.9 Å². The fourth-order valence-electron chi connectivity index (χ4n) is 9.38. The maximum atomic E-state index is 5.39. The third-order valence-electron chi connectivity index (χ3n) is 12.2. The lowest BCUT2D eigenvalue weighted by atomic mass is 10.0. The van der Waals surface area contributed by atoms with Crippen LogP contribution in [0.4, 0.5) is 0 Å².